The van der Waals surface area contributed by atoms with Crippen LogP contribution in [0, 0.1) is 0 Å². The van der Waals surface area contributed by atoms with Gasteiger partial charge >= 0.3 is 0 Å². The summed E-state index contributed by atoms with van der Waals surface area (Å²) < 4.78 is 39.1. The number of carbonyl (C=O) groups is 1. The van der Waals surface area contributed by atoms with Gasteiger partial charge in [-0.3, -0.25) is 4.79 Å². The monoisotopic (exact) mass is 511 g/mol. The fourth-order valence-corrected chi connectivity index (χ4v) is 5.28. The van der Waals surface area contributed by atoms with Gasteiger partial charge in [-0.2, -0.15) is 9.40 Å². The number of rotatable bonds is 9. The number of benzene rings is 1. The Kier molecular flexibility index (Phi) is 6.93. The molecule has 1 aliphatic rings. The number of fused-ring (bicyclic) bond motifs is 1. The van der Waals surface area contributed by atoms with Crippen molar-refractivity contribution < 1.29 is 22.4 Å². The lowest BCUT2D eigenvalue weighted by Gasteiger charge is -2.26. The van der Waals surface area contributed by atoms with Crippen molar-refractivity contribution in [2.24, 2.45) is 0 Å². The first-order valence-corrected chi connectivity index (χ1v) is 12.9. The maximum absolute atomic E-state index is 12.7. The number of aromatic nitrogens is 4. The van der Waals surface area contributed by atoms with Crippen LogP contribution in [0.2, 0.25) is 0 Å². The van der Waals surface area contributed by atoms with Crippen molar-refractivity contribution in [3.05, 3.63) is 66.5 Å². The highest BCUT2D eigenvalue weighted by molar-refractivity contribution is 7.89. The van der Waals surface area contributed by atoms with Crippen molar-refractivity contribution in [1.29, 1.82) is 0 Å². The average Bonchev–Trinajstić information content (AvgIpc) is 3.58. The highest BCUT2D eigenvalue weighted by atomic mass is 32.2. The number of furan rings is 1. The fourth-order valence-electron chi connectivity index (χ4n) is 3.87. The van der Waals surface area contributed by atoms with Crippen molar-refractivity contribution >= 4 is 32.8 Å². The van der Waals surface area contributed by atoms with Crippen LogP contribution >= 0.6 is 0 Å². The van der Waals surface area contributed by atoms with E-state index in [0.29, 0.717) is 63.0 Å². The number of carbonyl (C=O) groups excluding carboxylic acids is 1. The normalized spacial score (nSPS) is 14.7. The quantitative estimate of drug-likeness (QED) is 0.341. The van der Waals surface area contributed by atoms with E-state index in [4.69, 9.17) is 9.15 Å². The van der Waals surface area contributed by atoms with E-state index in [1.807, 2.05) is 12.1 Å². The minimum Gasteiger partial charge on any atom is -0.467 e. The van der Waals surface area contributed by atoms with Crippen molar-refractivity contribution in [3.8, 4) is 0 Å². The van der Waals surface area contributed by atoms with Gasteiger partial charge in [0.1, 0.15) is 17.9 Å². The molecular weight excluding hydrogens is 486 g/mol. The fraction of sp³-hybridized carbons (Fsp3) is 0.304. The molecule has 1 saturated heterocycles. The number of hydrogen-bond donors (Lipinski definition) is 2. The van der Waals surface area contributed by atoms with Crippen LogP contribution in [0.5, 0.6) is 0 Å². The smallest absolute Gasteiger partial charge is 0.251 e. The molecule has 0 atom stereocenters. The van der Waals surface area contributed by atoms with Crippen molar-refractivity contribution in [2.45, 2.75) is 18.0 Å². The molecule has 2 N–H and O–H groups in total. The van der Waals surface area contributed by atoms with Crippen molar-refractivity contribution in [3.63, 3.8) is 0 Å². The van der Waals surface area contributed by atoms with E-state index < -0.39 is 10.0 Å². The Hall–Kier alpha value is -3.81. The van der Waals surface area contributed by atoms with E-state index in [-0.39, 0.29) is 10.8 Å². The SMILES string of the molecule is O=C(NCCn1ncc2c(NCc3ccco3)ncnc21)c1ccc(S(=O)(=O)N2CCOCC2)cc1. The van der Waals surface area contributed by atoms with E-state index in [1.54, 1.807) is 17.1 Å². The second-order valence-corrected chi connectivity index (χ2v) is 9.99. The molecule has 4 aromatic rings. The van der Waals surface area contributed by atoms with Crippen LogP contribution in [0.4, 0.5) is 5.82 Å². The molecule has 188 valence electrons. The maximum atomic E-state index is 12.7. The summed E-state index contributed by atoms with van der Waals surface area (Å²) in [7, 11) is -3.60. The topological polar surface area (TPSA) is 144 Å². The molecule has 12 nitrogen and oxygen atoms in total. The molecule has 1 aromatic carbocycles. The summed E-state index contributed by atoms with van der Waals surface area (Å²) in [4.78, 5) is 21.3. The molecule has 1 fully saturated rings. The Bertz CT molecular complexity index is 1430. The predicted octanol–water partition coefficient (Wildman–Crippen LogP) is 1.48. The average molecular weight is 512 g/mol. The van der Waals surface area contributed by atoms with Gasteiger partial charge in [0, 0.05) is 25.2 Å². The molecule has 3 aromatic heterocycles. The van der Waals surface area contributed by atoms with Gasteiger partial charge in [0.25, 0.3) is 5.91 Å². The number of sulfonamides is 1. The van der Waals surface area contributed by atoms with E-state index in [1.165, 1.54) is 34.9 Å². The number of nitrogens with one attached hydrogen (secondary N) is 2. The number of anilines is 1. The molecule has 0 radical (unpaired) electrons. The Morgan fingerprint density at radius 2 is 1.89 bits per heavy atom. The van der Waals surface area contributed by atoms with Gasteiger partial charge in [-0.05, 0) is 36.4 Å². The van der Waals surface area contributed by atoms with Crippen molar-refractivity contribution in [2.75, 3.05) is 38.2 Å². The summed E-state index contributed by atoms with van der Waals surface area (Å²) in [5.41, 5.74) is 1.01. The second-order valence-electron chi connectivity index (χ2n) is 8.06. The zero-order valence-corrected chi connectivity index (χ0v) is 20.1. The molecule has 5 rings (SSSR count). The Morgan fingerprint density at radius 1 is 1.08 bits per heavy atom. The van der Waals surface area contributed by atoms with Gasteiger partial charge in [-0.25, -0.2) is 23.1 Å². The molecule has 1 amide bonds. The molecule has 0 bridgehead atoms. The molecule has 4 heterocycles. The van der Waals surface area contributed by atoms with Crippen LogP contribution in [-0.2, 0) is 27.8 Å². The van der Waals surface area contributed by atoms with Gasteiger partial charge in [-0.1, -0.05) is 0 Å². The van der Waals surface area contributed by atoms with Gasteiger partial charge in [0.05, 0.1) is 49.0 Å². The van der Waals surface area contributed by atoms with E-state index in [0.717, 1.165) is 11.1 Å². The van der Waals surface area contributed by atoms with Gasteiger partial charge < -0.3 is 19.8 Å². The molecule has 0 saturated carbocycles. The number of nitrogens with zero attached hydrogens (tertiary/aromatic N) is 5. The zero-order valence-electron chi connectivity index (χ0n) is 19.3. The molecule has 0 aliphatic carbocycles. The third-order valence-electron chi connectivity index (χ3n) is 5.78. The van der Waals surface area contributed by atoms with Crippen LogP contribution in [0.25, 0.3) is 11.0 Å². The summed E-state index contributed by atoms with van der Waals surface area (Å²) in [5, 5.41) is 11.2. The largest absolute Gasteiger partial charge is 0.467 e. The number of hydrogen-bond acceptors (Lipinski definition) is 9. The summed E-state index contributed by atoms with van der Waals surface area (Å²) >= 11 is 0. The Morgan fingerprint density at radius 3 is 2.64 bits per heavy atom. The Labute approximate surface area is 207 Å². The third-order valence-corrected chi connectivity index (χ3v) is 7.69. The zero-order chi connectivity index (χ0) is 25.0. The van der Waals surface area contributed by atoms with Gasteiger partial charge in [0.2, 0.25) is 10.0 Å². The number of amides is 1. The molecule has 0 spiro atoms. The molecular formula is C23H25N7O5S. The molecule has 1 aliphatic heterocycles. The summed E-state index contributed by atoms with van der Waals surface area (Å²) in [6, 6.07) is 9.62. The van der Waals surface area contributed by atoms with Crippen molar-refractivity contribution in [1.82, 2.24) is 29.4 Å². The first-order chi connectivity index (χ1) is 17.5. The Balaban J connectivity index is 1.18. The highest BCUT2D eigenvalue weighted by Gasteiger charge is 2.26. The van der Waals surface area contributed by atoms with Crippen LogP contribution in [0.3, 0.4) is 0 Å². The number of morpholine rings is 1. The molecule has 0 unspecified atom stereocenters. The third kappa shape index (κ3) is 5.08. The van der Waals surface area contributed by atoms with Gasteiger partial charge in [0.15, 0.2) is 5.65 Å². The number of ether oxygens (including phenoxy) is 1. The molecule has 13 heteroatoms. The summed E-state index contributed by atoms with van der Waals surface area (Å²) in [6.07, 6.45) is 4.74. The van der Waals surface area contributed by atoms with Crippen LogP contribution in [0.15, 0.2) is 64.5 Å². The van der Waals surface area contributed by atoms with Crippen LogP contribution in [0.1, 0.15) is 16.1 Å². The lowest BCUT2D eigenvalue weighted by atomic mass is 10.2. The first-order valence-electron chi connectivity index (χ1n) is 11.4. The van der Waals surface area contributed by atoms with E-state index >= 15 is 0 Å². The summed E-state index contributed by atoms with van der Waals surface area (Å²) in [5.74, 6) is 1.11. The summed E-state index contributed by atoms with van der Waals surface area (Å²) in [6.45, 7) is 2.57. The van der Waals surface area contributed by atoms with Gasteiger partial charge in [-0.15, -0.1) is 0 Å². The minimum absolute atomic E-state index is 0.153. The van der Waals surface area contributed by atoms with Crippen LogP contribution in [-0.4, -0.2) is 71.2 Å². The maximum Gasteiger partial charge on any atom is 0.251 e. The second kappa shape index (κ2) is 10.4. The van der Waals surface area contributed by atoms with E-state index in [9.17, 15) is 13.2 Å². The predicted molar refractivity (Wildman–Crippen MR) is 130 cm³/mol. The minimum atomic E-state index is -3.60. The van der Waals surface area contributed by atoms with E-state index in [2.05, 4.69) is 25.7 Å². The molecule has 36 heavy (non-hydrogen) atoms. The lowest BCUT2D eigenvalue weighted by Crippen LogP contribution is -2.40. The first kappa shape index (κ1) is 23.9. The highest BCUT2D eigenvalue weighted by Crippen LogP contribution is 2.20. The van der Waals surface area contributed by atoms with Crippen LogP contribution < -0.4 is 10.6 Å². The lowest BCUT2D eigenvalue weighted by molar-refractivity contribution is 0.0730. The standard InChI is InChI=1S/C23H25N7O5S/c31-23(17-3-5-19(6-4-17)36(32,33)29-9-12-34-13-10-29)24-7-8-30-22-20(15-28-30)21(26-16-27-22)25-14-18-2-1-11-35-18/h1-6,11,15-16H,7-10,12-14H2,(H,24,31)(H,25,26,27).